The third kappa shape index (κ3) is 3.23. The molecule has 0 aromatic heterocycles. The van der Waals surface area contributed by atoms with E-state index in [0.29, 0.717) is 12.5 Å². The first-order valence-corrected chi connectivity index (χ1v) is 4.91. The zero-order chi connectivity index (χ0) is 13.1. The first kappa shape index (κ1) is 13.6. The van der Waals surface area contributed by atoms with Crippen molar-refractivity contribution in [1.82, 2.24) is 0 Å². The van der Waals surface area contributed by atoms with Crippen molar-refractivity contribution in [1.29, 1.82) is 0 Å². The van der Waals surface area contributed by atoms with Crippen LogP contribution in [0, 0.1) is 0 Å². The molecule has 0 aliphatic carbocycles. The molecule has 1 atom stereocenters. The molecular formula is C12H13F3O2. The highest BCUT2D eigenvalue weighted by atomic mass is 19.4. The molecule has 0 saturated carbocycles. The number of hydrogen-bond acceptors (Lipinski definition) is 2. The van der Waals surface area contributed by atoms with Crippen molar-refractivity contribution in [3.8, 4) is 5.75 Å². The van der Waals surface area contributed by atoms with E-state index in [-0.39, 0.29) is 5.75 Å². The van der Waals surface area contributed by atoms with E-state index in [4.69, 9.17) is 4.74 Å². The van der Waals surface area contributed by atoms with Crippen molar-refractivity contribution in [3.05, 3.63) is 36.4 Å². The molecule has 1 rings (SSSR count). The maximum Gasteiger partial charge on any atom is 0.420 e. The molecule has 0 aliphatic heterocycles. The molecule has 1 unspecified atom stereocenters. The molecule has 0 saturated heterocycles. The van der Waals surface area contributed by atoms with Crippen LogP contribution in [0.25, 0.3) is 6.08 Å². The molecule has 0 amide bonds. The molecule has 1 aromatic carbocycles. The summed E-state index contributed by atoms with van der Waals surface area (Å²) in [6, 6.07) is 6.52. The van der Waals surface area contributed by atoms with Gasteiger partial charge in [-0.15, -0.1) is 0 Å². The Kier molecular flexibility index (Phi) is 3.83. The molecule has 1 N–H and O–H groups in total. The fourth-order valence-corrected chi connectivity index (χ4v) is 1.08. The van der Waals surface area contributed by atoms with Gasteiger partial charge in [-0.25, -0.2) is 0 Å². The highest BCUT2D eigenvalue weighted by molar-refractivity contribution is 5.55. The molecule has 0 radical (unpaired) electrons. The second-order valence-corrected chi connectivity index (χ2v) is 3.80. The molecule has 5 heteroatoms. The Hall–Kier alpha value is -1.49. The summed E-state index contributed by atoms with van der Waals surface area (Å²) in [5.41, 5.74) is -2.30. The van der Waals surface area contributed by atoms with Gasteiger partial charge in [0, 0.05) is 5.56 Å². The second kappa shape index (κ2) is 4.79. The van der Waals surface area contributed by atoms with E-state index in [0.717, 1.165) is 0 Å². The third-order valence-corrected chi connectivity index (χ3v) is 2.26. The SMILES string of the molecule is C=Cc1ccccc1OCC(C)(O)C(F)(F)F. The predicted molar refractivity (Wildman–Crippen MR) is 58.7 cm³/mol. The number of para-hydroxylation sites is 1. The molecule has 2 nitrogen and oxygen atoms in total. The minimum Gasteiger partial charge on any atom is -0.490 e. The van der Waals surface area contributed by atoms with Gasteiger partial charge >= 0.3 is 6.18 Å². The van der Waals surface area contributed by atoms with E-state index in [1.807, 2.05) is 0 Å². The van der Waals surface area contributed by atoms with E-state index >= 15 is 0 Å². The van der Waals surface area contributed by atoms with Gasteiger partial charge in [-0.2, -0.15) is 13.2 Å². The summed E-state index contributed by atoms with van der Waals surface area (Å²) in [6.07, 6.45) is -3.26. The fourth-order valence-electron chi connectivity index (χ4n) is 1.08. The lowest BCUT2D eigenvalue weighted by molar-refractivity contribution is -0.260. The average Bonchev–Trinajstić information content (AvgIpc) is 2.25. The Morgan fingerprint density at radius 2 is 1.94 bits per heavy atom. The summed E-state index contributed by atoms with van der Waals surface area (Å²) in [6.45, 7) is 3.33. The van der Waals surface area contributed by atoms with Gasteiger partial charge in [0.2, 0.25) is 0 Å². The molecule has 0 aliphatic rings. The Labute approximate surface area is 97.3 Å². The maximum atomic E-state index is 12.4. The number of aliphatic hydroxyl groups is 1. The third-order valence-electron chi connectivity index (χ3n) is 2.26. The van der Waals surface area contributed by atoms with E-state index in [1.54, 1.807) is 18.2 Å². The second-order valence-electron chi connectivity index (χ2n) is 3.80. The van der Waals surface area contributed by atoms with Gasteiger partial charge in [0.1, 0.15) is 12.4 Å². The quantitative estimate of drug-likeness (QED) is 0.884. The van der Waals surface area contributed by atoms with Crippen molar-refractivity contribution in [3.63, 3.8) is 0 Å². The number of hydrogen-bond donors (Lipinski definition) is 1. The Bertz CT molecular complexity index is 397. The molecule has 94 valence electrons. The van der Waals surface area contributed by atoms with Crippen LogP contribution in [0.4, 0.5) is 13.2 Å². The predicted octanol–water partition coefficient (Wildman–Crippen LogP) is 3.02. The molecule has 17 heavy (non-hydrogen) atoms. The van der Waals surface area contributed by atoms with Crippen molar-refractivity contribution in [2.24, 2.45) is 0 Å². The zero-order valence-corrected chi connectivity index (χ0v) is 9.29. The Morgan fingerprint density at radius 3 is 2.47 bits per heavy atom. The highest BCUT2D eigenvalue weighted by Crippen LogP contribution is 2.31. The normalized spacial score (nSPS) is 15.1. The topological polar surface area (TPSA) is 29.5 Å². The van der Waals surface area contributed by atoms with E-state index < -0.39 is 18.4 Å². The summed E-state index contributed by atoms with van der Waals surface area (Å²) in [5, 5.41) is 9.20. The van der Waals surface area contributed by atoms with Crippen LogP contribution in [0.1, 0.15) is 12.5 Å². The van der Waals surface area contributed by atoms with Crippen molar-refractivity contribution in [2.45, 2.75) is 18.7 Å². The zero-order valence-electron chi connectivity index (χ0n) is 9.29. The summed E-state index contributed by atoms with van der Waals surface area (Å²) in [5.74, 6) is 0.257. The highest BCUT2D eigenvalue weighted by Gasteiger charge is 2.50. The van der Waals surface area contributed by atoms with Crippen LogP contribution in [-0.4, -0.2) is 23.5 Å². The van der Waals surface area contributed by atoms with Crippen molar-refractivity contribution < 1.29 is 23.0 Å². The summed E-state index contributed by atoms with van der Waals surface area (Å²) in [4.78, 5) is 0. The number of benzene rings is 1. The standard InChI is InChI=1S/C12H13F3O2/c1-3-9-6-4-5-7-10(9)17-8-11(2,16)12(13,14)15/h3-7,16H,1,8H2,2H3. The molecular weight excluding hydrogens is 233 g/mol. The van der Waals surface area contributed by atoms with Gasteiger partial charge in [0.25, 0.3) is 0 Å². The van der Waals surface area contributed by atoms with Gasteiger partial charge in [0.15, 0.2) is 5.60 Å². The monoisotopic (exact) mass is 246 g/mol. The van der Waals surface area contributed by atoms with Crippen LogP contribution in [0.15, 0.2) is 30.8 Å². The van der Waals surface area contributed by atoms with Crippen LogP contribution < -0.4 is 4.74 Å². The van der Waals surface area contributed by atoms with Crippen LogP contribution in [-0.2, 0) is 0 Å². The lowest BCUT2D eigenvalue weighted by Gasteiger charge is -2.26. The minimum atomic E-state index is -4.73. The van der Waals surface area contributed by atoms with Gasteiger partial charge in [-0.3, -0.25) is 0 Å². The molecule has 0 bridgehead atoms. The number of ether oxygens (including phenoxy) is 1. The lowest BCUT2D eigenvalue weighted by Crippen LogP contribution is -2.47. The fraction of sp³-hybridized carbons (Fsp3) is 0.333. The summed E-state index contributed by atoms with van der Waals surface area (Å²) in [7, 11) is 0. The first-order valence-electron chi connectivity index (χ1n) is 4.91. The Morgan fingerprint density at radius 1 is 1.35 bits per heavy atom. The van der Waals surface area contributed by atoms with Gasteiger partial charge in [-0.1, -0.05) is 30.9 Å². The van der Waals surface area contributed by atoms with E-state index in [1.165, 1.54) is 12.1 Å². The summed E-state index contributed by atoms with van der Waals surface area (Å²) >= 11 is 0. The smallest absolute Gasteiger partial charge is 0.420 e. The van der Waals surface area contributed by atoms with Crippen LogP contribution in [0.5, 0.6) is 5.75 Å². The largest absolute Gasteiger partial charge is 0.490 e. The van der Waals surface area contributed by atoms with E-state index in [9.17, 15) is 18.3 Å². The van der Waals surface area contributed by atoms with Crippen LogP contribution in [0.2, 0.25) is 0 Å². The number of alkyl halides is 3. The van der Waals surface area contributed by atoms with Gasteiger partial charge in [-0.05, 0) is 13.0 Å². The molecule has 0 heterocycles. The van der Waals surface area contributed by atoms with E-state index in [2.05, 4.69) is 6.58 Å². The van der Waals surface area contributed by atoms with Crippen molar-refractivity contribution >= 4 is 6.08 Å². The molecule has 0 spiro atoms. The van der Waals surface area contributed by atoms with Crippen LogP contribution in [0.3, 0.4) is 0 Å². The summed E-state index contributed by atoms with van der Waals surface area (Å²) < 4.78 is 42.1. The Balaban J connectivity index is 2.77. The lowest BCUT2D eigenvalue weighted by atomic mass is 10.1. The molecule has 0 fully saturated rings. The van der Waals surface area contributed by atoms with Gasteiger partial charge < -0.3 is 9.84 Å². The first-order chi connectivity index (χ1) is 7.78. The molecule has 1 aromatic rings. The number of halogens is 3. The minimum absolute atomic E-state index is 0.257. The van der Waals surface area contributed by atoms with Crippen LogP contribution >= 0.6 is 0 Å². The van der Waals surface area contributed by atoms with Crippen molar-refractivity contribution in [2.75, 3.05) is 6.61 Å². The number of rotatable bonds is 4. The maximum absolute atomic E-state index is 12.4. The average molecular weight is 246 g/mol. The van der Waals surface area contributed by atoms with Gasteiger partial charge in [0.05, 0.1) is 0 Å².